The number of fused-ring (bicyclic) bond motifs is 1. The molecule has 4 aromatic rings. The van der Waals surface area contributed by atoms with E-state index in [1.807, 2.05) is 17.7 Å². The van der Waals surface area contributed by atoms with E-state index in [1.54, 1.807) is 29.6 Å². The number of halogens is 1. The minimum atomic E-state index is -3.67. The van der Waals surface area contributed by atoms with Crippen LogP contribution < -0.4 is 9.84 Å². The first-order chi connectivity index (χ1) is 17.8. The summed E-state index contributed by atoms with van der Waals surface area (Å²) in [5.74, 6) is 0.500. The summed E-state index contributed by atoms with van der Waals surface area (Å²) in [5, 5.41) is 10.0. The summed E-state index contributed by atoms with van der Waals surface area (Å²) < 4.78 is 24.0. The van der Waals surface area contributed by atoms with Crippen molar-refractivity contribution < 1.29 is 18.8 Å². The largest absolute Gasteiger partial charge is 0.424 e. The van der Waals surface area contributed by atoms with Crippen molar-refractivity contribution in [3.8, 4) is 17.0 Å². The summed E-state index contributed by atoms with van der Waals surface area (Å²) in [5.41, 5.74) is 2.64. The predicted octanol–water partition coefficient (Wildman–Crippen LogP) is 7.12. The maximum absolute atomic E-state index is 12.7. The van der Waals surface area contributed by atoms with Gasteiger partial charge in [0.05, 0.1) is 29.0 Å². The van der Waals surface area contributed by atoms with E-state index in [1.165, 1.54) is 17.7 Å². The number of carbonyl (C=O) groups is 1. The second-order valence-corrected chi connectivity index (χ2v) is 12.1. The first kappa shape index (κ1) is 27.4. The standard InChI is InChI=1S/C25H29BrN5O4PS/c1-3-5-6-7-12-31-24-20(23(30-31)29-25(32)18-15-27-37-16-18)14-21(26)22(28-24)17-8-10-19(11-9-17)35-36(33,34)13-4-2/h8-11,14-16H,3-7,12-13H2,1-2H3,(H,33,34)(H,29,30,32). The number of aryl methyl sites for hydroxylation is 1. The van der Waals surface area contributed by atoms with Crippen LogP contribution in [0.1, 0.15) is 56.3 Å². The fourth-order valence-corrected chi connectivity index (χ4v) is 6.05. The molecule has 9 nitrogen and oxygen atoms in total. The molecule has 0 saturated carbocycles. The van der Waals surface area contributed by atoms with Gasteiger partial charge >= 0.3 is 7.60 Å². The van der Waals surface area contributed by atoms with Gasteiger partial charge in [0.15, 0.2) is 11.5 Å². The number of nitrogens with one attached hydrogen (secondary N) is 1. The molecule has 0 aliphatic rings. The molecule has 0 fully saturated rings. The van der Waals surface area contributed by atoms with Crippen LogP contribution in [0.2, 0.25) is 0 Å². The molecule has 3 heterocycles. The molecule has 1 atom stereocenters. The molecule has 3 aromatic heterocycles. The zero-order valence-corrected chi connectivity index (χ0v) is 24.0. The van der Waals surface area contributed by atoms with Gasteiger partial charge < -0.3 is 14.7 Å². The molecule has 0 radical (unpaired) electrons. The van der Waals surface area contributed by atoms with Gasteiger partial charge in [-0.05, 0) is 70.6 Å². The Kier molecular flexibility index (Phi) is 9.13. The highest BCUT2D eigenvalue weighted by molar-refractivity contribution is 9.10. The van der Waals surface area contributed by atoms with E-state index >= 15 is 0 Å². The lowest BCUT2D eigenvalue weighted by Gasteiger charge is -2.13. The highest BCUT2D eigenvalue weighted by atomic mass is 79.9. The predicted molar refractivity (Wildman–Crippen MR) is 150 cm³/mol. The third-order valence-electron chi connectivity index (χ3n) is 5.71. The zero-order valence-electron chi connectivity index (χ0n) is 20.7. The number of hydrogen-bond acceptors (Lipinski definition) is 7. The molecular weight excluding hydrogens is 577 g/mol. The summed E-state index contributed by atoms with van der Waals surface area (Å²) in [6.07, 6.45) is 6.49. The van der Waals surface area contributed by atoms with Gasteiger partial charge in [-0.3, -0.25) is 4.79 Å². The number of aromatic nitrogens is 4. The summed E-state index contributed by atoms with van der Waals surface area (Å²) in [6, 6.07) is 8.83. The number of amides is 1. The molecule has 0 bridgehead atoms. The Morgan fingerprint density at radius 1 is 1.19 bits per heavy atom. The second kappa shape index (κ2) is 12.3. The Balaban J connectivity index is 1.67. The van der Waals surface area contributed by atoms with Crippen LogP contribution in [-0.2, 0) is 11.1 Å². The molecule has 0 spiro atoms. The minimum Gasteiger partial charge on any atom is -0.424 e. The van der Waals surface area contributed by atoms with Crippen molar-refractivity contribution in [3.05, 3.63) is 51.9 Å². The lowest BCUT2D eigenvalue weighted by atomic mass is 10.1. The summed E-state index contributed by atoms with van der Waals surface area (Å²) in [4.78, 5) is 27.6. The Morgan fingerprint density at radius 3 is 2.65 bits per heavy atom. The monoisotopic (exact) mass is 605 g/mol. The maximum Gasteiger partial charge on any atom is 0.376 e. The molecule has 0 aliphatic heterocycles. The second-order valence-electron chi connectivity index (χ2n) is 8.67. The first-order valence-corrected chi connectivity index (χ1v) is 15.6. The molecule has 0 saturated heterocycles. The van der Waals surface area contributed by atoms with Crippen LogP contribution in [0.3, 0.4) is 0 Å². The number of rotatable bonds is 12. The molecule has 1 unspecified atom stereocenters. The summed E-state index contributed by atoms with van der Waals surface area (Å²) >= 11 is 4.84. The van der Waals surface area contributed by atoms with Crippen molar-refractivity contribution in [1.82, 2.24) is 19.1 Å². The van der Waals surface area contributed by atoms with Gasteiger partial charge in [-0.1, -0.05) is 33.1 Å². The van der Waals surface area contributed by atoms with Gasteiger partial charge in [-0.25, -0.2) is 18.6 Å². The first-order valence-electron chi connectivity index (χ1n) is 12.2. The number of hydrogen-bond donors (Lipinski definition) is 2. The molecule has 4 rings (SSSR count). The molecule has 1 aromatic carbocycles. The van der Waals surface area contributed by atoms with Crippen molar-refractivity contribution in [2.75, 3.05) is 11.5 Å². The van der Waals surface area contributed by atoms with E-state index in [0.29, 0.717) is 41.4 Å². The fourth-order valence-electron chi connectivity index (χ4n) is 3.87. The van der Waals surface area contributed by atoms with Gasteiger partial charge in [0.25, 0.3) is 5.91 Å². The minimum absolute atomic E-state index is 0.0998. The lowest BCUT2D eigenvalue weighted by molar-refractivity contribution is 0.102. The van der Waals surface area contributed by atoms with E-state index in [9.17, 15) is 14.3 Å². The topological polar surface area (TPSA) is 119 Å². The van der Waals surface area contributed by atoms with Crippen molar-refractivity contribution in [2.45, 2.75) is 52.5 Å². The highest BCUT2D eigenvalue weighted by Crippen LogP contribution is 2.43. The van der Waals surface area contributed by atoms with Gasteiger partial charge in [-0.2, -0.15) is 5.10 Å². The Bertz CT molecular complexity index is 1410. The molecule has 12 heteroatoms. The van der Waals surface area contributed by atoms with Crippen molar-refractivity contribution in [1.29, 1.82) is 0 Å². The normalized spacial score (nSPS) is 13.0. The molecule has 196 valence electrons. The number of pyridine rings is 1. The Morgan fingerprint density at radius 2 is 1.97 bits per heavy atom. The number of unbranched alkanes of at least 4 members (excludes halogenated alkanes) is 3. The smallest absolute Gasteiger partial charge is 0.376 e. The van der Waals surface area contributed by atoms with Gasteiger partial charge in [-0.15, -0.1) is 0 Å². The average molecular weight is 606 g/mol. The van der Waals surface area contributed by atoms with Crippen LogP contribution in [0.25, 0.3) is 22.3 Å². The van der Waals surface area contributed by atoms with Crippen LogP contribution in [0.15, 0.2) is 46.4 Å². The molecule has 1 amide bonds. The SMILES string of the molecule is CCCCCCn1nc(NC(=O)c2cnsc2)c2cc(Br)c(-c3ccc(OP(=O)(O)CCC)cc3)nc21. The van der Waals surface area contributed by atoms with E-state index in [2.05, 4.69) is 32.5 Å². The van der Waals surface area contributed by atoms with Crippen LogP contribution in [0, 0.1) is 0 Å². The van der Waals surface area contributed by atoms with Crippen LogP contribution in [-0.4, -0.2) is 36.1 Å². The molecular formula is C25H29BrN5O4PS. The van der Waals surface area contributed by atoms with Crippen molar-refractivity contribution in [3.63, 3.8) is 0 Å². The molecule has 2 N–H and O–H groups in total. The number of carbonyl (C=O) groups excluding carboxylic acids is 1. The van der Waals surface area contributed by atoms with Gasteiger partial charge in [0, 0.05) is 22.0 Å². The van der Waals surface area contributed by atoms with Crippen molar-refractivity contribution in [2.24, 2.45) is 0 Å². The van der Waals surface area contributed by atoms with Crippen LogP contribution >= 0.6 is 35.1 Å². The quantitative estimate of drug-likeness (QED) is 0.130. The van der Waals surface area contributed by atoms with Gasteiger partial charge in [0.1, 0.15) is 5.75 Å². The van der Waals surface area contributed by atoms with E-state index in [0.717, 1.165) is 41.1 Å². The van der Waals surface area contributed by atoms with E-state index < -0.39 is 7.60 Å². The average Bonchev–Trinajstić information content (AvgIpc) is 3.51. The van der Waals surface area contributed by atoms with Crippen molar-refractivity contribution >= 4 is 57.8 Å². The Hall–Kier alpha value is -2.59. The number of anilines is 1. The lowest BCUT2D eigenvalue weighted by Crippen LogP contribution is -2.12. The summed E-state index contributed by atoms with van der Waals surface area (Å²) in [7, 11) is -3.67. The fraction of sp³-hybridized carbons (Fsp3) is 0.360. The van der Waals surface area contributed by atoms with Crippen LogP contribution in [0.5, 0.6) is 5.75 Å². The third-order valence-corrected chi connectivity index (χ3v) is 8.41. The number of nitrogens with zero attached hydrogens (tertiary/aromatic N) is 4. The zero-order chi connectivity index (χ0) is 26.4. The molecule has 0 aliphatic carbocycles. The van der Waals surface area contributed by atoms with Crippen LogP contribution in [0.4, 0.5) is 5.82 Å². The maximum atomic E-state index is 12.7. The van der Waals surface area contributed by atoms with E-state index in [4.69, 9.17) is 14.6 Å². The Labute approximate surface area is 228 Å². The highest BCUT2D eigenvalue weighted by Gasteiger charge is 2.21. The van der Waals surface area contributed by atoms with E-state index in [-0.39, 0.29) is 12.1 Å². The summed E-state index contributed by atoms with van der Waals surface area (Å²) in [6.45, 7) is 4.68. The third kappa shape index (κ3) is 6.84. The van der Waals surface area contributed by atoms with Gasteiger partial charge in [0.2, 0.25) is 0 Å². The molecule has 37 heavy (non-hydrogen) atoms. The number of benzene rings is 1.